The van der Waals surface area contributed by atoms with Crippen LogP contribution in [0.25, 0.3) is 28.1 Å². The van der Waals surface area contributed by atoms with Gasteiger partial charge in [-0.15, -0.1) is 0 Å². The normalized spacial score (nSPS) is 10.8. The zero-order chi connectivity index (χ0) is 18.8. The number of rotatable bonds is 5. The molecule has 2 N–H and O–H groups in total. The minimum Gasteiger partial charge on any atom is -0.480 e. The quantitative estimate of drug-likeness (QED) is 0.569. The van der Waals surface area contributed by atoms with Gasteiger partial charge in [0.1, 0.15) is 17.8 Å². The van der Waals surface area contributed by atoms with Crippen molar-refractivity contribution < 1.29 is 19.1 Å². The molecule has 0 unspecified atom stereocenters. The molecular weight excluding hydrogens is 346 g/mol. The van der Waals surface area contributed by atoms with E-state index in [1.54, 1.807) is 16.9 Å². The molecule has 27 heavy (non-hydrogen) atoms. The molecular formula is C20H15N3O4. The Balaban J connectivity index is 1.81. The van der Waals surface area contributed by atoms with Crippen molar-refractivity contribution in [3.05, 3.63) is 72.4 Å². The maximum atomic E-state index is 12.5. The van der Waals surface area contributed by atoms with Crippen molar-refractivity contribution in [3.8, 4) is 17.1 Å². The number of hydrogen-bond acceptors (Lipinski definition) is 4. The van der Waals surface area contributed by atoms with Gasteiger partial charge in [-0.2, -0.15) is 5.10 Å². The molecule has 2 aromatic carbocycles. The number of carbonyl (C=O) groups excluding carboxylic acids is 1. The summed E-state index contributed by atoms with van der Waals surface area (Å²) in [6.07, 6.45) is 1.56. The Morgan fingerprint density at radius 2 is 1.81 bits per heavy atom. The molecule has 0 atom stereocenters. The number of para-hydroxylation sites is 2. The predicted octanol–water partition coefficient (Wildman–Crippen LogP) is 3.10. The lowest BCUT2D eigenvalue weighted by Crippen LogP contribution is -2.29. The third-order valence-corrected chi connectivity index (χ3v) is 4.04. The van der Waals surface area contributed by atoms with Crippen molar-refractivity contribution in [2.45, 2.75) is 0 Å². The van der Waals surface area contributed by atoms with Crippen molar-refractivity contribution in [2.75, 3.05) is 6.54 Å². The van der Waals surface area contributed by atoms with Gasteiger partial charge < -0.3 is 14.8 Å². The van der Waals surface area contributed by atoms with E-state index in [9.17, 15) is 9.59 Å². The third kappa shape index (κ3) is 3.30. The van der Waals surface area contributed by atoms with Crippen LogP contribution in [0.15, 0.2) is 71.3 Å². The van der Waals surface area contributed by atoms with Crippen LogP contribution in [0, 0.1) is 0 Å². The summed E-state index contributed by atoms with van der Waals surface area (Å²) in [6, 6.07) is 18.6. The van der Waals surface area contributed by atoms with Crippen molar-refractivity contribution in [1.29, 1.82) is 0 Å². The highest BCUT2D eigenvalue weighted by atomic mass is 16.4. The molecule has 0 spiro atoms. The second-order valence-electron chi connectivity index (χ2n) is 5.90. The van der Waals surface area contributed by atoms with Crippen molar-refractivity contribution in [2.24, 2.45) is 0 Å². The lowest BCUT2D eigenvalue weighted by atomic mass is 10.2. The number of benzene rings is 2. The second-order valence-corrected chi connectivity index (χ2v) is 5.90. The Morgan fingerprint density at radius 1 is 1.07 bits per heavy atom. The average Bonchev–Trinajstić information content (AvgIpc) is 3.31. The lowest BCUT2D eigenvalue weighted by Gasteiger charge is -2.00. The van der Waals surface area contributed by atoms with Gasteiger partial charge in [0.05, 0.1) is 11.3 Å². The Kier molecular flexibility index (Phi) is 4.18. The average molecular weight is 361 g/mol. The molecule has 0 fully saturated rings. The van der Waals surface area contributed by atoms with Crippen molar-refractivity contribution >= 4 is 22.8 Å². The summed E-state index contributed by atoms with van der Waals surface area (Å²) in [5.74, 6) is -1.22. The summed E-state index contributed by atoms with van der Waals surface area (Å²) in [5.41, 5.74) is 2.03. The molecule has 134 valence electrons. The monoisotopic (exact) mass is 361 g/mol. The molecule has 0 bridgehead atoms. The van der Waals surface area contributed by atoms with Gasteiger partial charge in [-0.1, -0.05) is 36.4 Å². The van der Waals surface area contributed by atoms with E-state index in [0.29, 0.717) is 17.0 Å². The molecule has 0 saturated heterocycles. The Bertz CT molecular complexity index is 1100. The van der Waals surface area contributed by atoms with E-state index in [-0.39, 0.29) is 5.56 Å². The van der Waals surface area contributed by atoms with Gasteiger partial charge in [0.2, 0.25) is 0 Å². The molecule has 0 radical (unpaired) electrons. The number of aromatic nitrogens is 2. The largest absolute Gasteiger partial charge is 0.480 e. The number of fused-ring (bicyclic) bond motifs is 1. The summed E-state index contributed by atoms with van der Waals surface area (Å²) in [4.78, 5) is 23.3. The van der Waals surface area contributed by atoms with Crippen LogP contribution >= 0.6 is 0 Å². The summed E-state index contributed by atoms with van der Waals surface area (Å²) < 4.78 is 7.42. The van der Waals surface area contributed by atoms with Gasteiger partial charge in [0.15, 0.2) is 5.76 Å². The topological polar surface area (TPSA) is 97.4 Å². The number of nitrogens with one attached hydrogen (secondary N) is 1. The molecule has 0 aliphatic heterocycles. The number of nitrogens with zero attached hydrogens (tertiary/aromatic N) is 2. The fourth-order valence-electron chi connectivity index (χ4n) is 2.78. The first-order valence-corrected chi connectivity index (χ1v) is 8.26. The number of aliphatic carboxylic acids is 1. The predicted molar refractivity (Wildman–Crippen MR) is 98.7 cm³/mol. The Labute approximate surface area is 153 Å². The first-order chi connectivity index (χ1) is 13.1. The van der Waals surface area contributed by atoms with E-state index in [1.807, 2.05) is 54.6 Å². The van der Waals surface area contributed by atoms with Crippen LogP contribution in [0.3, 0.4) is 0 Å². The van der Waals surface area contributed by atoms with E-state index >= 15 is 0 Å². The van der Waals surface area contributed by atoms with E-state index in [1.165, 1.54) is 0 Å². The smallest absolute Gasteiger partial charge is 0.322 e. The third-order valence-electron chi connectivity index (χ3n) is 4.04. The number of carboxylic acids is 1. The zero-order valence-electron chi connectivity index (χ0n) is 14.1. The highest BCUT2D eigenvalue weighted by molar-refractivity contribution is 6.01. The van der Waals surface area contributed by atoms with Crippen LogP contribution < -0.4 is 5.32 Å². The first kappa shape index (κ1) is 16.6. The molecule has 1 amide bonds. The molecule has 7 nitrogen and oxygen atoms in total. The summed E-state index contributed by atoms with van der Waals surface area (Å²) in [6.45, 7) is -0.477. The standard InChI is InChI=1S/C20H15N3O4/c24-18(25)11-21-20(26)15-12-23(14-7-2-1-3-8-14)22-19(15)17-10-13-6-4-5-9-16(13)27-17/h1-10,12H,11H2,(H,21,26)(H,24,25). The van der Waals surface area contributed by atoms with Gasteiger partial charge in [-0.25, -0.2) is 4.68 Å². The fourth-order valence-corrected chi connectivity index (χ4v) is 2.78. The Morgan fingerprint density at radius 3 is 2.56 bits per heavy atom. The van der Waals surface area contributed by atoms with Gasteiger partial charge in [0, 0.05) is 11.6 Å². The van der Waals surface area contributed by atoms with Crippen molar-refractivity contribution in [1.82, 2.24) is 15.1 Å². The molecule has 0 saturated carbocycles. The fraction of sp³-hybridized carbons (Fsp3) is 0.0500. The molecule has 2 aromatic heterocycles. The molecule has 2 heterocycles. The number of amides is 1. The van der Waals surface area contributed by atoms with Crippen LogP contribution in [0.4, 0.5) is 0 Å². The zero-order valence-corrected chi connectivity index (χ0v) is 14.1. The summed E-state index contributed by atoms with van der Waals surface area (Å²) >= 11 is 0. The van der Waals surface area contributed by atoms with E-state index in [0.717, 1.165) is 11.1 Å². The molecule has 0 aliphatic rings. The highest BCUT2D eigenvalue weighted by Gasteiger charge is 2.21. The van der Waals surface area contributed by atoms with Crippen LogP contribution in [0.2, 0.25) is 0 Å². The molecule has 4 rings (SSSR count). The van der Waals surface area contributed by atoms with Gasteiger partial charge in [0.25, 0.3) is 5.91 Å². The maximum Gasteiger partial charge on any atom is 0.322 e. The summed E-state index contributed by atoms with van der Waals surface area (Å²) in [7, 11) is 0. The van der Waals surface area contributed by atoms with Gasteiger partial charge in [-0.3, -0.25) is 9.59 Å². The molecule has 7 heteroatoms. The first-order valence-electron chi connectivity index (χ1n) is 8.26. The maximum absolute atomic E-state index is 12.5. The summed E-state index contributed by atoms with van der Waals surface area (Å²) in [5, 5.41) is 16.6. The van der Waals surface area contributed by atoms with Crippen molar-refractivity contribution in [3.63, 3.8) is 0 Å². The number of furan rings is 1. The number of hydrogen-bond donors (Lipinski definition) is 2. The van der Waals surface area contributed by atoms with Gasteiger partial charge >= 0.3 is 5.97 Å². The lowest BCUT2D eigenvalue weighted by molar-refractivity contribution is -0.135. The van der Waals surface area contributed by atoms with E-state index in [2.05, 4.69) is 10.4 Å². The van der Waals surface area contributed by atoms with Crippen LogP contribution in [-0.2, 0) is 4.79 Å². The SMILES string of the molecule is O=C(O)CNC(=O)c1cn(-c2ccccc2)nc1-c1cc2ccccc2o1. The minimum atomic E-state index is -1.12. The minimum absolute atomic E-state index is 0.235. The van der Waals surface area contributed by atoms with E-state index in [4.69, 9.17) is 9.52 Å². The van der Waals surface area contributed by atoms with Crippen LogP contribution in [0.1, 0.15) is 10.4 Å². The molecule has 0 aliphatic carbocycles. The highest BCUT2D eigenvalue weighted by Crippen LogP contribution is 2.29. The number of carboxylic acid groups (broad SMARTS) is 1. The van der Waals surface area contributed by atoms with Crippen LogP contribution in [-0.4, -0.2) is 33.3 Å². The Hall–Kier alpha value is -3.87. The van der Waals surface area contributed by atoms with E-state index < -0.39 is 18.4 Å². The second kappa shape index (κ2) is 6.80. The van der Waals surface area contributed by atoms with Gasteiger partial charge in [-0.05, 0) is 24.3 Å². The molecule has 4 aromatic rings. The number of carbonyl (C=O) groups is 2. The van der Waals surface area contributed by atoms with Crippen LogP contribution in [0.5, 0.6) is 0 Å².